The summed E-state index contributed by atoms with van der Waals surface area (Å²) in [6.45, 7) is 2.08. The molecule has 2 aliphatic rings. The zero-order valence-electron chi connectivity index (χ0n) is 17.4. The maximum atomic E-state index is 12.7. The number of carbonyl (C=O) groups excluding carboxylic acids is 5. The molecule has 2 aromatic carbocycles. The molecule has 0 aliphatic carbocycles. The van der Waals surface area contributed by atoms with Gasteiger partial charge in [0.1, 0.15) is 6.04 Å². The van der Waals surface area contributed by atoms with Crippen LogP contribution in [0.3, 0.4) is 0 Å². The number of nitrogens with one attached hydrogen (secondary N) is 1. The van der Waals surface area contributed by atoms with E-state index in [9.17, 15) is 24.0 Å². The Bertz CT molecular complexity index is 1170. The van der Waals surface area contributed by atoms with Crippen molar-refractivity contribution in [3.63, 3.8) is 0 Å². The first-order valence-corrected chi connectivity index (χ1v) is 10.7. The van der Waals surface area contributed by atoms with Gasteiger partial charge in [0.15, 0.2) is 0 Å². The highest BCUT2D eigenvalue weighted by molar-refractivity contribution is 6.44. The van der Waals surface area contributed by atoms with Crippen LogP contribution in [0.5, 0.6) is 0 Å². The molecule has 0 aromatic heterocycles. The number of ketones is 2. The second kappa shape index (κ2) is 8.67. The summed E-state index contributed by atoms with van der Waals surface area (Å²) >= 11 is 6.05. The van der Waals surface area contributed by atoms with E-state index in [-0.39, 0.29) is 36.8 Å². The minimum Gasteiger partial charge on any atom is -0.322 e. The van der Waals surface area contributed by atoms with Crippen molar-refractivity contribution in [2.24, 2.45) is 0 Å². The molecule has 2 aliphatic heterocycles. The van der Waals surface area contributed by atoms with E-state index in [1.165, 1.54) is 11.0 Å². The average molecular weight is 453 g/mol. The van der Waals surface area contributed by atoms with Gasteiger partial charge in [0.2, 0.25) is 23.4 Å². The van der Waals surface area contributed by atoms with Crippen molar-refractivity contribution in [1.82, 2.24) is 10.2 Å². The Labute approximate surface area is 189 Å². The molecule has 0 saturated carbocycles. The number of rotatable bonds is 6. The number of halogens is 1. The summed E-state index contributed by atoms with van der Waals surface area (Å²) < 4.78 is 0. The normalized spacial score (nSPS) is 17.9. The van der Waals surface area contributed by atoms with Gasteiger partial charge in [-0.05, 0) is 48.6 Å². The molecule has 1 N–H and O–H groups in total. The van der Waals surface area contributed by atoms with Crippen molar-refractivity contribution in [2.75, 3.05) is 0 Å². The first-order valence-electron chi connectivity index (χ1n) is 10.3. The van der Waals surface area contributed by atoms with Crippen molar-refractivity contribution in [3.05, 3.63) is 69.2 Å². The van der Waals surface area contributed by atoms with Gasteiger partial charge in [0.05, 0.1) is 0 Å². The average Bonchev–Trinajstić information content (AvgIpc) is 3.09. The van der Waals surface area contributed by atoms with Crippen LogP contribution in [0.4, 0.5) is 0 Å². The Balaban J connectivity index is 1.41. The second-order valence-electron chi connectivity index (χ2n) is 8.11. The first-order chi connectivity index (χ1) is 15.2. The summed E-state index contributed by atoms with van der Waals surface area (Å²) in [4.78, 5) is 62.6. The summed E-state index contributed by atoms with van der Waals surface area (Å²) in [6, 6.07) is 9.40. The third-order valence-corrected chi connectivity index (χ3v) is 6.32. The fourth-order valence-corrected chi connectivity index (χ4v) is 4.23. The lowest BCUT2D eigenvalue weighted by molar-refractivity contribution is -0.136. The Morgan fingerprint density at radius 3 is 2.62 bits per heavy atom. The maximum Gasteiger partial charge on any atom is 0.255 e. The lowest BCUT2D eigenvalue weighted by Gasteiger charge is -2.29. The van der Waals surface area contributed by atoms with Crippen LogP contribution in [0.2, 0.25) is 5.02 Å². The Hall–Kier alpha value is -3.32. The van der Waals surface area contributed by atoms with E-state index in [2.05, 4.69) is 5.32 Å². The highest BCUT2D eigenvalue weighted by Gasteiger charge is 2.39. The molecule has 7 nitrogen and oxygen atoms in total. The maximum absolute atomic E-state index is 12.7. The van der Waals surface area contributed by atoms with Gasteiger partial charge in [-0.15, -0.1) is 0 Å². The molecule has 4 rings (SSSR count). The number of fused-ring (bicyclic) bond motifs is 1. The minimum atomic E-state index is -0.670. The number of amides is 3. The molecule has 32 heavy (non-hydrogen) atoms. The molecule has 1 atom stereocenters. The lowest BCUT2D eigenvalue weighted by atomic mass is 9.98. The van der Waals surface area contributed by atoms with Crippen LogP contribution in [0.25, 0.3) is 0 Å². The van der Waals surface area contributed by atoms with E-state index in [4.69, 9.17) is 11.6 Å². The van der Waals surface area contributed by atoms with Crippen LogP contribution in [0.1, 0.15) is 56.7 Å². The Morgan fingerprint density at radius 2 is 1.91 bits per heavy atom. The quantitative estimate of drug-likeness (QED) is 0.412. The van der Waals surface area contributed by atoms with E-state index in [1.54, 1.807) is 24.3 Å². The highest BCUT2D eigenvalue weighted by atomic mass is 35.5. The topological polar surface area (TPSA) is 101 Å². The van der Waals surface area contributed by atoms with Crippen molar-refractivity contribution in [1.29, 1.82) is 0 Å². The molecule has 1 fully saturated rings. The molecule has 0 bridgehead atoms. The molecule has 8 heteroatoms. The van der Waals surface area contributed by atoms with E-state index in [0.29, 0.717) is 23.4 Å². The van der Waals surface area contributed by atoms with Gasteiger partial charge in [-0.1, -0.05) is 35.9 Å². The molecule has 0 spiro atoms. The van der Waals surface area contributed by atoms with Crippen molar-refractivity contribution >= 4 is 40.9 Å². The van der Waals surface area contributed by atoms with Gasteiger partial charge >= 0.3 is 0 Å². The molecule has 3 amide bonds. The van der Waals surface area contributed by atoms with Crippen LogP contribution >= 0.6 is 11.6 Å². The van der Waals surface area contributed by atoms with Gasteiger partial charge in [0.25, 0.3) is 5.91 Å². The number of piperidine rings is 1. The molecule has 2 heterocycles. The smallest absolute Gasteiger partial charge is 0.255 e. The zero-order chi connectivity index (χ0) is 23.0. The third-order valence-electron chi connectivity index (χ3n) is 5.92. The molecular formula is C24H21ClN2O5. The number of aryl methyl sites for hydroxylation is 2. The van der Waals surface area contributed by atoms with Crippen LogP contribution in [0.15, 0.2) is 36.4 Å². The predicted octanol–water partition coefficient (Wildman–Crippen LogP) is 2.79. The number of imide groups is 1. The van der Waals surface area contributed by atoms with Crippen molar-refractivity contribution in [2.45, 2.75) is 45.2 Å². The monoisotopic (exact) mass is 452 g/mol. The fourth-order valence-electron chi connectivity index (χ4n) is 4.05. The Kier molecular flexibility index (Phi) is 5.93. The number of carbonyl (C=O) groups is 5. The molecular weight excluding hydrogens is 432 g/mol. The summed E-state index contributed by atoms with van der Waals surface area (Å²) in [5.74, 6) is -2.12. The largest absolute Gasteiger partial charge is 0.322 e. The van der Waals surface area contributed by atoms with Crippen molar-refractivity contribution < 1.29 is 24.0 Å². The van der Waals surface area contributed by atoms with Crippen LogP contribution in [0, 0.1) is 6.92 Å². The SMILES string of the molecule is Cc1ccc(C(=O)C(=O)CCc2ccc3c(c2)CN(C2CCC(=O)NC2=O)C3=O)cc1Cl. The second-order valence-corrected chi connectivity index (χ2v) is 8.51. The number of benzene rings is 2. The van der Waals surface area contributed by atoms with E-state index >= 15 is 0 Å². The number of hydrogen-bond donors (Lipinski definition) is 1. The third kappa shape index (κ3) is 4.21. The minimum absolute atomic E-state index is 0.0356. The lowest BCUT2D eigenvalue weighted by Crippen LogP contribution is -2.52. The number of hydrogen-bond acceptors (Lipinski definition) is 5. The summed E-state index contributed by atoms with van der Waals surface area (Å²) in [7, 11) is 0. The standard InChI is InChI=1S/C24H21ClN2O5/c1-13-2-5-15(11-18(13)25)22(30)20(28)8-4-14-3-6-17-16(10-14)12-27(24(17)32)19-7-9-21(29)26-23(19)31/h2-3,5-6,10-11,19H,4,7-9,12H2,1H3,(H,26,29,31). The summed E-state index contributed by atoms with van der Waals surface area (Å²) in [5.41, 5.74) is 3.20. The first kappa shape index (κ1) is 21.9. The van der Waals surface area contributed by atoms with E-state index in [0.717, 1.165) is 16.7 Å². The predicted molar refractivity (Wildman–Crippen MR) is 116 cm³/mol. The molecule has 2 aromatic rings. The van der Waals surface area contributed by atoms with Gasteiger partial charge in [-0.2, -0.15) is 0 Å². The summed E-state index contributed by atoms with van der Waals surface area (Å²) in [6.07, 6.45) is 0.888. The van der Waals surface area contributed by atoms with Crippen LogP contribution in [-0.4, -0.2) is 40.2 Å². The molecule has 1 unspecified atom stereocenters. The van der Waals surface area contributed by atoms with Crippen LogP contribution < -0.4 is 5.32 Å². The highest BCUT2D eigenvalue weighted by Crippen LogP contribution is 2.28. The summed E-state index contributed by atoms with van der Waals surface area (Å²) in [5, 5.41) is 2.72. The zero-order valence-corrected chi connectivity index (χ0v) is 18.2. The van der Waals surface area contributed by atoms with Crippen LogP contribution in [-0.2, 0) is 27.3 Å². The van der Waals surface area contributed by atoms with Gasteiger partial charge in [-0.25, -0.2) is 0 Å². The molecule has 164 valence electrons. The Morgan fingerprint density at radius 1 is 1.12 bits per heavy atom. The van der Waals surface area contributed by atoms with Gasteiger partial charge in [0, 0.05) is 35.5 Å². The van der Waals surface area contributed by atoms with Gasteiger partial charge < -0.3 is 4.90 Å². The fraction of sp³-hybridized carbons (Fsp3) is 0.292. The number of nitrogens with zero attached hydrogens (tertiary/aromatic N) is 1. The number of Topliss-reactive ketones (excluding diaryl/α,β-unsaturated/α-hetero) is 2. The molecule has 1 saturated heterocycles. The van der Waals surface area contributed by atoms with E-state index in [1.807, 2.05) is 13.0 Å². The van der Waals surface area contributed by atoms with Gasteiger partial charge in [-0.3, -0.25) is 29.3 Å². The van der Waals surface area contributed by atoms with Crippen molar-refractivity contribution in [3.8, 4) is 0 Å². The van der Waals surface area contributed by atoms with E-state index < -0.39 is 23.5 Å². The molecule has 0 radical (unpaired) electrons.